The molecule has 3 aromatic heterocycles. The third-order valence-electron chi connectivity index (χ3n) is 6.68. The summed E-state index contributed by atoms with van der Waals surface area (Å²) in [5.41, 5.74) is 12.1. The molecular weight excluding hydrogens is 462 g/mol. The zero-order valence-corrected chi connectivity index (χ0v) is 20.0. The van der Waals surface area contributed by atoms with E-state index in [0.29, 0.717) is 31.0 Å². The van der Waals surface area contributed by atoms with Gasteiger partial charge < -0.3 is 10.6 Å². The van der Waals surface area contributed by atoms with Crippen LogP contribution in [-0.2, 0) is 16.0 Å². The number of carbonyl (C=O) groups is 2. The first-order chi connectivity index (χ1) is 16.9. The van der Waals surface area contributed by atoms with Crippen molar-refractivity contribution in [3.8, 4) is 11.3 Å². The molecule has 0 saturated heterocycles. The number of ketones is 1. The number of nitrogens with zero attached hydrogens (tertiary/aromatic N) is 6. The van der Waals surface area contributed by atoms with Crippen LogP contribution in [0.4, 0.5) is 5.82 Å². The number of nitrogen functional groups attached to an aromatic ring is 1. The van der Waals surface area contributed by atoms with Gasteiger partial charge in [0.2, 0.25) is 5.91 Å². The predicted molar refractivity (Wildman–Crippen MR) is 135 cm³/mol. The van der Waals surface area contributed by atoms with Crippen molar-refractivity contribution >= 4 is 50.1 Å². The van der Waals surface area contributed by atoms with Gasteiger partial charge >= 0.3 is 0 Å². The number of rotatable bonds is 5. The Kier molecular flexibility index (Phi) is 4.99. The Balaban J connectivity index is 1.37. The largest absolute Gasteiger partial charge is 0.383 e. The molecule has 0 radical (unpaired) electrons. The van der Waals surface area contributed by atoms with E-state index in [-0.39, 0.29) is 17.7 Å². The third-order valence-corrected chi connectivity index (χ3v) is 7.70. The molecule has 0 spiro atoms. The van der Waals surface area contributed by atoms with Gasteiger partial charge in [-0.05, 0) is 49.1 Å². The summed E-state index contributed by atoms with van der Waals surface area (Å²) >= 11 is 1.52. The van der Waals surface area contributed by atoms with Gasteiger partial charge in [0.15, 0.2) is 5.65 Å². The summed E-state index contributed by atoms with van der Waals surface area (Å²) in [6.45, 7) is 6.46. The first-order valence-electron chi connectivity index (χ1n) is 11.4. The minimum absolute atomic E-state index is 0.0341. The second-order valence-corrected chi connectivity index (χ2v) is 10.2. The number of thiazole rings is 1. The smallest absolute Gasteiger partial charge is 0.246 e. The molecule has 2 N–H and O–H groups in total. The molecule has 1 aliphatic carbocycles. The molecule has 9 nitrogen and oxygen atoms in total. The van der Waals surface area contributed by atoms with E-state index in [1.54, 1.807) is 6.92 Å². The minimum atomic E-state index is -0.0341. The molecule has 1 aromatic carbocycles. The average Bonchev–Trinajstić information content (AvgIpc) is 3.57. The number of carbonyl (C=O) groups excluding carboxylic acids is 2. The fraction of sp³-hybridized carbons (Fsp3) is 0.280. The molecule has 4 aromatic rings. The second-order valence-electron chi connectivity index (χ2n) is 9.09. The van der Waals surface area contributed by atoms with Crippen LogP contribution in [0.2, 0.25) is 0 Å². The highest BCUT2D eigenvalue weighted by molar-refractivity contribution is 7.18. The van der Waals surface area contributed by atoms with Crippen molar-refractivity contribution in [3.05, 3.63) is 53.3 Å². The normalized spacial score (nSPS) is 16.0. The molecular formula is C25H23N7O2S. The lowest BCUT2D eigenvalue weighted by molar-refractivity contribution is -0.125. The van der Waals surface area contributed by atoms with Crippen molar-refractivity contribution in [1.29, 1.82) is 0 Å². The van der Waals surface area contributed by atoms with Crippen LogP contribution >= 0.6 is 11.3 Å². The first kappa shape index (κ1) is 21.6. The van der Waals surface area contributed by atoms with Gasteiger partial charge in [0, 0.05) is 18.7 Å². The Morgan fingerprint density at radius 1 is 1.23 bits per heavy atom. The summed E-state index contributed by atoms with van der Waals surface area (Å²) in [4.78, 5) is 38.7. The van der Waals surface area contributed by atoms with Crippen LogP contribution in [0, 0.1) is 0 Å². The number of anilines is 1. The highest BCUT2D eigenvalue weighted by Crippen LogP contribution is 2.42. The molecule has 10 heteroatoms. The summed E-state index contributed by atoms with van der Waals surface area (Å²) < 4.78 is 2.96. The number of amides is 1. The van der Waals surface area contributed by atoms with Crippen LogP contribution in [0.25, 0.3) is 32.5 Å². The summed E-state index contributed by atoms with van der Waals surface area (Å²) in [6, 6.07) is 6.08. The maximum Gasteiger partial charge on any atom is 0.246 e. The van der Waals surface area contributed by atoms with Crippen molar-refractivity contribution in [2.75, 3.05) is 18.8 Å². The van der Waals surface area contributed by atoms with Crippen LogP contribution in [0.1, 0.15) is 30.8 Å². The maximum atomic E-state index is 12.0. The zero-order chi connectivity index (χ0) is 24.3. The van der Waals surface area contributed by atoms with E-state index in [4.69, 9.17) is 10.8 Å². The molecule has 6 rings (SSSR count). The van der Waals surface area contributed by atoms with E-state index in [0.717, 1.165) is 44.7 Å². The quantitative estimate of drug-likeness (QED) is 0.339. The highest BCUT2D eigenvalue weighted by atomic mass is 32.1. The van der Waals surface area contributed by atoms with E-state index in [2.05, 4.69) is 21.5 Å². The van der Waals surface area contributed by atoms with Crippen molar-refractivity contribution in [2.24, 2.45) is 0 Å². The SMILES string of the molecule is C=CC(=O)N1CC2=C(CC(n3nc(-c4ccc5nc(CC(C)=O)sc5c4)c4c(N)ncnc43)C2)C1. The third kappa shape index (κ3) is 3.61. The summed E-state index contributed by atoms with van der Waals surface area (Å²) in [5, 5.41) is 6.54. The van der Waals surface area contributed by atoms with Gasteiger partial charge in [0.25, 0.3) is 0 Å². The molecule has 35 heavy (non-hydrogen) atoms. The van der Waals surface area contributed by atoms with Crippen LogP contribution in [0.3, 0.4) is 0 Å². The molecule has 0 unspecified atom stereocenters. The number of aromatic nitrogens is 5. The van der Waals surface area contributed by atoms with Crippen molar-refractivity contribution in [3.63, 3.8) is 0 Å². The van der Waals surface area contributed by atoms with E-state index < -0.39 is 0 Å². The summed E-state index contributed by atoms with van der Waals surface area (Å²) in [5.74, 6) is 0.445. The molecule has 1 amide bonds. The molecule has 176 valence electrons. The van der Waals surface area contributed by atoms with Gasteiger partial charge in [-0.2, -0.15) is 5.10 Å². The lowest BCUT2D eigenvalue weighted by atomic mass is 10.1. The van der Waals surface area contributed by atoms with Gasteiger partial charge in [-0.15, -0.1) is 11.3 Å². The monoisotopic (exact) mass is 485 g/mol. The van der Waals surface area contributed by atoms with Gasteiger partial charge in [0.05, 0.1) is 28.1 Å². The van der Waals surface area contributed by atoms with Crippen molar-refractivity contribution in [2.45, 2.75) is 32.2 Å². The molecule has 1 aliphatic heterocycles. The topological polar surface area (TPSA) is 120 Å². The Bertz CT molecular complexity index is 1560. The molecule has 2 aliphatic rings. The Hall–Kier alpha value is -3.92. The highest BCUT2D eigenvalue weighted by Gasteiger charge is 2.35. The van der Waals surface area contributed by atoms with Crippen molar-refractivity contribution in [1.82, 2.24) is 29.6 Å². The molecule has 0 fully saturated rings. The summed E-state index contributed by atoms with van der Waals surface area (Å²) in [6.07, 6.45) is 4.82. The van der Waals surface area contributed by atoms with Crippen LogP contribution in [0.5, 0.6) is 0 Å². The molecule has 0 atom stereocenters. The lowest BCUT2D eigenvalue weighted by Crippen LogP contribution is -2.29. The summed E-state index contributed by atoms with van der Waals surface area (Å²) in [7, 11) is 0. The number of Topliss-reactive ketones (excluding diaryl/α,β-unsaturated/α-hetero) is 1. The number of benzene rings is 1. The van der Waals surface area contributed by atoms with Gasteiger partial charge in [0.1, 0.15) is 28.6 Å². The Morgan fingerprint density at radius 3 is 2.71 bits per heavy atom. The van der Waals surface area contributed by atoms with E-state index in [9.17, 15) is 9.59 Å². The number of likely N-dealkylation sites (tertiary alicyclic amines) is 1. The molecule has 0 bridgehead atoms. The van der Waals surface area contributed by atoms with Gasteiger partial charge in [-0.1, -0.05) is 12.6 Å². The Morgan fingerprint density at radius 2 is 2.00 bits per heavy atom. The molecule has 0 saturated carbocycles. The molecule has 4 heterocycles. The number of nitrogens with two attached hydrogens (primary N) is 1. The van der Waals surface area contributed by atoms with Gasteiger partial charge in [-0.3, -0.25) is 9.59 Å². The predicted octanol–water partition coefficient (Wildman–Crippen LogP) is 3.48. The van der Waals surface area contributed by atoms with Crippen LogP contribution in [0.15, 0.2) is 48.3 Å². The van der Waals surface area contributed by atoms with Crippen LogP contribution in [-0.4, -0.2) is 54.4 Å². The number of hydrogen-bond acceptors (Lipinski definition) is 8. The lowest BCUT2D eigenvalue weighted by Gasteiger charge is -2.19. The standard InChI is InChI=1S/C25H23N7O2S/c1-3-21(34)31-10-15-7-17(8-16(15)11-31)32-25-22(24(26)27-12-28-25)23(30-32)14-4-5-18-19(9-14)35-20(29-18)6-13(2)33/h3-5,9,12,17H,1,6-8,10-11H2,2H3,(H2,26,27,28). The van der Waals surface area contributed by atoms with Gasteiger partial charge in [-0.25, -0.2) is 19.6 Å². The number of fused-ring (bicyclic) bond motifs is 2. The Labute approximate surface area is 205 Å². The minimum Gasteiger partial charge on any atom is -0.383 e. The average molecular weight is 486 g/mol. The van der Waals surface area contributed by atoms with Crippen molar-refractivity contribution < 1.29 is 9.59 Å². The van der Waals surface area contributed by atoms with E-state index in [1.807, 2.05) is 27.8 Å². The maximum absolute atomic E-state index is 12.0. The van der Waals surface area contributed by atoms with E-state index in [1.165, 1.54) is 34.9 Å². The van der Waals surface area contributed by atoms with E-state index >= 15 is 0 Å². The second kappa shape index (κ2) is 8.09. The number of hydrogen-bond donors (Lipinski definition) is 1. The fourth-order valence-electron chi connectivity index (χ4n) is 5.12. The zero-order valence-electron chi connectivity index (χ0n) is 19.2. The van der Waals surface area contributed by atoms with Crippen LogP contribution < -0.4 is 5.73 Å². The first-order valence-corrected chi connectivity index (χ1v) is 12.2. The fourth-order valence-corrected chi connectivity index (χ4v) is 6.19.